The lowest BCUT2D eigenvalue weighted by atomic mass is 10.1. The van der Waals surface area contributed by atoms with E-state index in [9.17, 15) is 9.59 Å². The maximum absolute atomic E-state index is 12.4. The second-order valence-electron chi connectivity index (χ2n) is 7.02. The third kappa shape index (κ3) is 6.36. The number of anilines is 3. The zero-order chi connectivity index (χ0) is 21.9. The Balaban J connectivity index is 1.68. The highest BCUT2D eigenvalue weighted by atomic mass is 35.5. The van der Waals surface area contributed by atoms with Crippen LogP contribution in [0.5, 0.6) is 0 Å². The monoisotopic (exact) mass is 436 g/mol. The standard InChI is InChI=1S/C24H25ClN4O2/c25-21-13-7-8-14-22(21)29(20-11-5-4-6-12-20)24-27-17-19(18-28-24)23(31)26-15-9-2-1-3-10-16-30/h4-8,11-14,16-18H,1-3,9-10,15H2,(H,26,31). The zero-order valence-electron chi connectivity index (χ0n) is 17.2. The van der Waals surface area contributed by atoms with Crippen molar-refractivity contribution in [3.05, 3.63) is 77.6 Å². The van der Waals surface area contributed by atoms with Crippen LogP contribution in [0.3, 0.4) is 0 Å². The Bertz CT molecular complexity index is 980. The van der Waals surface area contributed by atoms with Crippen molar-refractivity contribution >= 4 is 41.1 Å². The highest BCUT2D eigenvalue weighted by Crippen LogP contribution is 2.36. The van der Waals surface area contributed by atoms with Crippen LogP contribution in [0.15, 0.2) is 67.0 Å². The number of unbranched alkanes of at least 4 members (excludes halogenated alkanes) is 4. The molecule has 1 N–H and O–H groups in total. The van der Waals surface area contributed by atoms with E-state index in [1.807, 2.05) is 59.5 Å². The van der Waals surface area contributed by atoms with Crippen LogP contribution < -0.4 is 10.2 Å². The van der Waals surface area contributed by atoms with Crippen LogP contribution >= 0.6 is 11.6 Å². The van der Waals surface area contributed by atoms with Gasteiger partial charge in [-0.3, -0.25) is 9.69 Å². The smallest absolute Gasteiger partial charge is 0.254 e. The predicted octanol–water partition coefficient (Wildman–Crippen LogP) is 5.48. The summed E-state index contributed by atoms with van der Waals surface area (Å²) in [5, 5.41) is 3.46. The third-order valence-corrected chi connectivity index (χ3v) is 5.06. The first-order valence-electron chi connectivity index (χ1n) is 10.3. The fraction of sp³-hybridized carbons (Fsp3) is 0.250. The highest BCUT2D eigenvalue weighted by Gasteiger charge is 2.18. The van der Waals surface area contributed by atoms with Crippen LogP contribution in [-0.4, -0.2) is 28.7 Å². The molecule has 0 saturated carbocycles. The van der Waals surface area contributed by atoms with Gasteiger partial charge in [-0.25, -0.2) is 9.97 Å². The normalized spacial score (nSPS) is 10.5. The molecule has 0 aliphatic rings. The summed E-state index contributed by atoms with van der Waals surface area (Å²) in [6.07, 6.45) is 8.33. The molecule has 3 rings (SSSR count). The summed E-state index contributed by atoms with van der Waals surface area (Å²) < 4.78 is 0. The molecule has 0 unspecified atom stereocenters. The minimum absolute atomic E-state index is 0.205. The molecule has 0 atom stereocenters. The van der Waals surface area contributed by atoms with E-state index in [-0.39, 0.29) is 5.91 Å². The molecule has 1 aromatic heterocycles. The van der Waals surface area contributed by atoms with Crippen molar-refractivity contribution in [1.29, 1.82) is 0 Å². The number of amides is 1. The molecule has 0 spiro atoms. The second-order valence-corrected chi connectivity index (χ2v) is 7.43. The molecule has 0 radical (unpaired) electrons. The predicted molar refractivity (Wildman–Crippen MR) is 123 cm³/mol. The van der Waals surface area contributed by atoms with Gasteiger partial charge in [-0.05, 0) is 37.1 Å². The summed E-state index contributed by atoms with van der Waals surface area (Å²) in [7, 11) is 0. The molecule has 0 aliphatic carbocycles. The van der Waals surface area contributed by atoms with Gasteiger partial charge in [0.15, 0.2) is 0 Å². The van der Waals surface area contributed by atoms with E-state index in [0.717, 1.165) is 43.3 Å². The van der Waals surface area contributed by atoms with Gasteiger partial charge in [-0.15, -0.1) is 0 Å². The number of benzene rings is 2. The third-order valence-electron chi connectivity index (χ3n) is 4.74. The van der Waals surface area contributed by atoms with E-state index in [0.29, 0.717) is 29.5 Å². The Labute approximate surface area is 187 Å². The quantitative estimate of drug-likeness (QED) is 0.318. The number of aldehydes is 1. The van der Waals surface area contributed by atoms with E-state index in [1.165, 1.54) is 12.4 Å². The molecular weight excluding hydrogens is 412 g/mol. The molecule has 1 heterocycles. The van der Waals surface area contributed by atoms with Gasteiger partial charge in [0.05, 0.1) is 16.3 Å². The van der Waals surface area contributed by atoms with Crippen molar-refractivity contribution in [3.8, 4) is 0 Å². The number of hydrogen-bond acceptors (Lipinski definition) is 5. The average Bonchev–Trinajstić information content (AvgIpc) is 2.81. The Hall–Kier alpha value is -3.25. The Kier molecular flexibility index (Phi) is 8.55. The Morgan fingerprint density at radius 3 is 2.32 bits per heavy atom. The summed E-state index contributed by atoms with van der Waals surface area (Å²) in [5.74, 6) is 0.217. The van der Waals surface area contributed by atoms with Crippen LogP contribution in [0.1, 0.15) is 42.5 Å². The van der Waals surface area contributed by atoms with E-state index in [2.05, 4.69) is 15.3 Å². The Morgan fingerprint density at radius 1 is 0.935 bits per heavy atom. The molecule has 0 saturated heterocycles. The summed E-state index contributed by atoms with van der Waals surface area (Å²) in [5.41, 5.74) is 2.02. The van der Waals surface area contributed by atoms with Crippen molar-refractivity contribution in [1.82, 2.24) is 15.3 Å². The summed E-state index contributed by atoms with van der Waals surface area (Å²) in [6.45, 7) is 0.581. The fourth-order valence-corrected chi connectivity index (χ4v) is 3.36. The number of nitrogens with zero attached hydrogens (tertiary/aromatic N) is 3. The maximum Gasteiger partial charge on any atom is 0.254 e. The number of para-hydroxylation sites is 2. The van der Waals surface area contributed by atoms with E-state index in [4.69, 9.17) is 11.6 Å². The van der Waals surface area contributed by atoms with Gasteiger partial charge in [-0.1, -0.05) is 54.8 Å². The minimum Gasteiger partial charge on any atom is -0.352 e. The minimum atomic E-state index is -0.205. The summed E-state index contributed by atoms with van der Waals surface area (Å²) in [4.78, 5) is 33.4. The van der Waals surface area contributed by atoms with Crippen molar-refractivity contribution in [2.45, 2.75) is 32.1 Å². The second kappa shape index (κ2) is 11.8. The zero-order valence-corrected chi connectivity index (χ0v) is 18.0. The van der Waals surface area contributed by atoms with Crippen molar-refractivity contribution in [3.63, 3.8) is 0 Å². The topological polar surface area (TPSA) is 75.2 Å². The lowest BCUT2D eigenvalue weighted by Crippen LogP contribution is -2.25. The van der Waals surface area contributed by atoms with Crippen LogP contribution in [0.2, 0.25) is 5.02 Å². The molecule has 160 valence electrons. The Morgan fingerprint density at radius 2 is 1.61 bits per heavy atom. The van der Waals surface area contributed by atoms with E-state index < -0.39 is 0 Å². The number of nitrogens with one attached hydrogen (secondary N) is 1. The van der Waals surface area contributed by atoms with Gasteiger partial charge in [0.2, 0.25) is 5.95 Å². The first kappa shape index (κ1) is 22.4. The van der Waals surface area contributed by atoms with Gasteiger partial charge in [-0.2, -0.15) is 0 Å². The number of rotatable bonds is 11. The molecule has 2 aromatic carbocycles. The first-order chi connectivity index (χ1) is 15.2. The van der Waals surface area contributed by atoms with Crippen LogP contribution in [-0.2, 0) is 4.79 Å². The lowest BCUT2D eigenvalue weighted by molar-refractivity contribution is -0.107. The molecule has 0 bridgehead atoms. The number of carbonyl (C=O) groups is 2. The van der Waals surface area contributed by atoms with Gasteiger partial charge < -0.3 is 10.1 Å². The average molecular weight is 437 g/mol. The summed E-state index contributed by atoms with van der Waals surface area (Å²) >= 11 is 6.43. The molecule has 3 aromatic rings. The molecule has 1 amide bonds. The van der Waals surface area contributed by atoms with Crippen molar-refractivity contribution < 1.29 is 9.59 Å². The maximum atomic E-state index is 12.4. The van der Waals surface area contributed by atoms with Crippen molar-refractivity contribution in [2.75, 3.05) is 11.4 Å². The molecular formula is C24H25ClN4O2. The number of aromatic nitrogens is 2. The molecule has 0 fully saturated rings. The van der Waals surface area contributed by atoms with Gasteiger partial charge in [0, 0.05) is 31.0 Å². The van der Waals surface area contributed by atoms with Gasteiger partial charge in [0.25, 0.3) is 5.91 Å². The molecule has 31 heavy (non-hydrogen) atoms. The van der Waals surface area contributed by atoms with Crippen LogP contribution in [0.25, 0.3) is 0 Å². The summed E-state index contributed by atoms with van der Waals surface area (Å²) in [6, 6.07) is 17.2. The molecule has 7 heteroatoms. The lowest BCUT2D eigenvalue weighted by Gasteiger charge is -2.23. The van der Waals surface area contributed by atoms with Crippen molar-refractivity contribution in [2.24, 2.45) is 0 Å². The number of carbonyl (C=O) groups excluding carboxylic acids is 2. The van der Waals surface area contributed by atoms with Gasteiger partial charge >= 0.3 is 0 Å². The number of halogens is 1. The SMILES string of the molecule is O=CCCCCCCNC(=O)c1cnc(N(c2ccccc2)c2ccccc2Cl)nc1. The number of hydrogen-bond donors (Lipinski definition) is 1. The van der Waals surface area contributed by atoms with E-state index in [1.54, 1.807) is 0 Å². The van der Waals surface area contributed by atoms with Gasteiger partial charge in [0.1, 0.15) is 6.29 Å². The largest absolute Gasteiger partial charge is 0.352 e. The highest BCUT2D eigenvalue weighted by molar-refractivity contribution is 6.33. The molecule has 0 aliphatic heterocycles. The molecule has 6 nitrogen and oxygen atoms in total. The van der Waals surface area contributed by atoms with Crippen LogP contribution in [0, 0.1) is 0 Å². The first-order valence-corrected chi connectivity index (χ1v) is 10.7. The van der Waals surface area contributed by atoms with Crippen LogP contribution in [0.4, 0.5) is 17.3 Å². The van der Waals surface area contributed by atoms with E-state index >= 15 is 0 Å². The fourth-order valence-electron chi connectivity index (χ4n) is 3.14.